The Morgan fingerprint density at radius 2 is 1.93 bits per heavy atom. The predicted octanol–water partition coefficient (Wildman–Crippen LogP) is 3.50. The summed E-state index contributed by atoms with van der Waals surface area (Å²) in [5, 5.41) is 10.4. The molecule has 0 bridgehead atoms. The number of methoxy groups -OCH3 is 1. The van der Waals surface area contributed by atoms with Crippen molar-refractivity contribution >= 4 is 28.0 Å². The lowest BCUT2D eigenvalue weighted by Gasteiger charge is -2.10. The third kappa shape index (κ3) is 3.11. The van der Waals surface area contributed by atoms with Crippen LogP contribution >= 0.6 is 0 Å². The number of hydrogen-bond acceptors (Lipinski definition) is 7. The summed E-state index contributed by atoms with van der Waals surface area (Å²) in [5.41, 5.74) is 1.97. The summed E-state index contributed by atoms with van der Waals surface area (Å²) in [6, 6.07) is 7.37. The van der Waals surface area contributed by atoms with Crippen LogP contribution in [0.4, 0.5) is 4.79 Å². The van der Waals surface area contributed by atoms with E-state index in [1.807, 2.05) is 12.1 Å². The zero-order valence-corrected chi connectivity index (χ0v) is 14.2. The van der Waals surface area contributed by atoms with E-state index in [-0.39, 0.29) is 18.5 Å². The molecule has 0 radical (unpaired) electrons. The van der Waals surface area contributed by atoms with Crippen LogP contribution in [0, 0.1) is 0 Å². The highest BCUT2D eigenvalue weighted by atomic mass is 16.7. The van der Waals surface area contributed by atoms with E-state index in [1.54, 1.807) is 24.5 Å². The molecule has 9 nitrogen and oxygen atoms in total. The fourth-order valence-corrected chi connectivity index (χ4v) is 2.92. The highest BCUT2D eigenvalue weighted by Gasteiger charge is 2.20. The molecule has 136 valence electrons. The fourth-order valence-electron chi connectivity index (χ4n) is 2.92. The summed E-state index contributed by atoms with van der Waals surface area (Å²) < 4.78 is 15.9. The van der Waals surface area contributed by atoms with Gasteiger partial charge in [0.15, 0.2) is 0 Å². The molecule has 0 aliphatic heterocycles. The normalized spacial score (nSPS) is 11.0. The van der Waals surface area contributed by atoms with Crippen LogP contribution in [-0.2, 0) is 11.3 Å². The average molecular weight is 366 g/mol. The molecule has 4 rings (SSSR count). The maximum Gasteiger partial charge on any atom is 0.512 e. The van der Waals surface area contributed by atoms with Crippen molar-refractivity contribution in [2.45, 2.75) is 6.61 Å². The van der Waals surface area contributed by atoms with Crippen LogP contribution in [0.3, 0.4) is 0 Å². The Kier molecular flexibility index (Phi) is 4.27. The largest absolute Gasteiger partial charge is 0.512 e. The number of hydrogen-bond donors (Lipinski definition) is 2. The molecule has 9 heteroatoms. The highest BCUT2D eigenvalue weighted by molar-refractivity contribution is 6.12. The second-order valence-electron chi connectivity index (χ2n) is 5.57. The van der Waals surface area contributed by atoms with Gasteiger partial charge in [-0.25, -0.2) is 19.7 Å². The van der Waals surface area contributed by atoms with E-state index >= 15 is 0 Å². The number of rotatable bonds is 5. The number of fused-ring (bicyclic) bond motifs is 3. The molecule has 2 N–H and O–H groups in total. The second kappa shape index (κ2) is 6.89. The third-order valence-electron chi connectivity index (χ3n) is 3.90. The van der Waals surface area contributed by atoms with Gasteiger partial charge in [0.1, 0.15) is 5.75 Å². The minimum Gasteiger partial charge on any atom is -0.449 e. The van der Waals surface area contributed by atoms with Crippen molar-refractivity contribution in [2.75, 3.05) is 7.11 Å². The summed E-state index contributed by atoms with van der Waals surface area (Å²) in [6.45, 7) is 0.107. The standard InChI is InChI=1S/C18H14N4O5/c1-25-9-10-14-12(8-21-16(10)27-18(23)24)22-11-4-2-5-13(15(11)14)26-17-19-6-3-7-20-17/h2-8,22H,9H2,1H3,(H,23,24). The van der Waals surface area contributed by atoms with E-state index in [4.69, 9.17) is 19.3 Å². The van der Waals surface area contributed by atoms with E-state index in [0.717, 1.165) is 10.9 Å². The van der Waals surface area contributed by atoms with Crippen molar-refractivity contribution in [3.05, 3.63) is 48.4 Å². The van der Waals surface area contributed by atoms with Crippen LogP contribution in [0.5, 0.6) is 17.6 Å². The lowest BCUT2D eigenvalue weighted by Crippen LogP contribution is -2.07. The average Bonchev–Trinajstić information content (AvgIpc) is 3.04. The summed E-state index contributed by atoms with van der Waals surface area (Å²) >= 11 is 0. The van der Waals surface area contributed by atoms with Gasteiger partial charge in [0.2, 0.25) is 5.88 Å². The first-order valence-corrected chi connectivity index (χ1v) is 7.94. The van der Waals surface area contributed by atoms with E-state index in [1.165, 1.54) is 13.3 Å². The van der Waals surface area contributed by atoms with Crippen LogP contribution in [0.1, 0.15) is 5.56 Å². The molecule has 0 amide bonds. The minimum absolute atomic E-state index is 0.0384. The molecule has 0 atom stereocenters. The molecule has 4 aromatic rings. The molecule has 3 aromatic heterocycles. The molecular formula is C18H14N4O5. The number of aromatic amines is 1. The van der Waals surface area contributed by atoms with Gasteiger partial charge < -0.3 is 24.3 Å². The Morgan fingerprint density at radius 3 is 2.67 bits per heavy atom. The molecule has 0 aliphatic carbocycles. The van der Waals surface area contributed by atoms with Crippen molar-refractivity contribution in [3.63, 3.8) is 0 Å². The van der Waals surface area contributed by atoms with Gasteiger partial charge >= 0.3 is 12.2 Å². The van der Waals surface area contributed by atoms with E-state index < -0.39 is 6.16 Å². The van der Waals surface area contributed by atoms with Crippen LogP contribution in [0.15, 0.2) is 42.9 Å². The Morgan fingerprint density at radius 1 is 1.11 bits per heavy atom. The molecular weight excluding hydrogens is 352 g/mol. The summed E-state index contributed by atoms with van der Waals surface area (Å²) in [7, 11) is 1.51. The molecule has 0 aliphatic rings. The molecule has 3 heterocycles. The number of carboxylic acid groups (broad SMARTS) is 1. The first-order chi connectivity index (χ1) is 13.2. The van der Waals surface area contributed by atoms with Gasteiger partial charge in [-0.2, -0.15) is 0 Å². The van der Waals surface area contributed by atoms with Gasteiger partial charge in [0.25, 0.3) is 0 Å². The lowest BCUT2D eigenvalue weighted by molar-refractivity contribution is 0.139. The Labute approximate surface area is 152 Å². The third-order valence-corrected chi connectivity index (χ3v) is 3.90. The number of pyridine rings is 1. The fraction of sp³-hybridized carbons (Fsp3) is 0.111. The highest BCUT2D eigenvalue weighted by Crippen LogP contribution is 2.38. The SMILES string of the molecule is COCc1c(OC(=O)O)ncc2[nH]c3cccc(Oc4ncccn4)c3c12. The number of aromatic nitrogens is 4. The topological polar surface area (TPSA) is 119 Å². The van der Waals surface area contributed by atoms with Gasteiger partial charge in [0, 0.05) is 24.9 Å². The number of benzene rings is 1. The monoisotopic (exact) mass is 366 g/mol. The predicted molar refractivity (Wildman–Crippen MR) is 95.1 cm³/mol. The summed E-state index contributed by atoms with van der Waals surface area (Å²) in [4.78, 5) is 26.5. The number of nitrogens with zero attached hydrogens (tertiary/aromatic N) is 3. The van der Waals surface area contributed by atoms with Crippen LogP contribution in [-0.4, -0.2) is 38.3 Å². The maximum atomic E-state index is 11.0. The lowest BCUT2D eigenvalue weighted by atomic mass is 10.1. The van der Waals surface area contributed by atoms with Gasteiger partial charge in [0.05, 0.1) is 34.8 Å². The molecule has 0 saturated heterocycles. The van der Waals surface area contributed by atoms with Gasteiger partial charge in [-0.1, -0.05) is 6.07 Å². The number of nitrogens with one attached hydrogen (secondary N) is 1. The Bertz CT molecular complexity index is 1130. The van der Waals surface area contributed by atoms with Gasteiger partial charge in [-0.15, -0.1) is 0 Å². The molecule has 0 spiro atoms. The van der Waals surface area contributed by atoms with Gasteiger partial charge in [-0.3, -0.25) is 0 Å². The van der Waals surface area contributed by atoms with Crippen molar-refractivity contribution in [1.82, 2.24) is 19.9 Å². The maximum absolute atomic E-state index is 11.0. The number of H-pyrrole nitrogens is 1. The molecule has 0 saturated carbocycles. The van der Waals surface area contributed by atoms with E-state index in [0.29, 0.717) is 22.2 Å². The first kappa shape index (κ1) is 16.7. The molecule has 0 fully saturated rings. The van der Waals surface area contributed by atoms with Gasteiger partial charge in [-0.05, 0) is 18.2 Å². The Hall–Kier alpha value is -3.72. The summed E-state index contributed by atoms with van der Waals surface area (Å²) in [5.74, 6) is 0.471. The molecule has 1 aromatic carbocycles. The zero-order chi connectivity index (χ0) is 18.8. The smallest absolute Gasteiger partial charge is 0.449 e. The number of carbonyl (C=O) groups is 1. The second-order valence-corrected chi connectivity index (χ2v) is 5.57. The van der Waals surface area contributed by atoms with E-state index in [2.05, 4.69) is 19.9 Å². The van der Waals surface area contributed by atoms with Crippen molar-refractivity contribution in [1.29, 1.82) is 0 Å². The van der Waals surface area contributed by atoms with Crippen LogP contribution in [0.25, 0.3) is 21.8 Å². The van der Waals surface area contributed by atoms with Crippen LogP contribution in [0.2, 0.25) is 0 Å². The first-order valence-electron chi connectivity index (χ1n) is 7.94. The van der Waals surface area contributed by atoms with E-state index in [9.17, 15) is 4.79 Å². The summed E-state index contributed by atoms with van der Waals surface area (Å²) in [6.07, 6.45) is 3.22. The van der Waals surface area contributed by atoms with Crippen molar-refractivity contribution < 1.29 is 24.1 Å². The minimum atomic E-state index is -1.45. The number of ether oxygens (including phenoxy) is 3. The van der Waals surface area contributed by atoms with Crippen molar-refractivity contribution in [3.8, 4) is 17.6 Å². The Balaban J connectivity index is 1.97. The zero-order valence-electron chi connectivity index (χ0n) is 14.2. The van der Waals surface area contributed by atoms with Crippen LogP contribution < -0.4 is 9.47 Å². The quantitative estimate of drug-likeness (QED) is 0.515. The molecule has 0 unspecified atom stereocenters. The van der Waals surface area contributed by atoms with Crippen molar-refractivity contribution in [2.24, 2.45) is 0 Å². The molecule has 27 heavy (non-hydrogen) atoms.